The quantitative estimate of drug-likeness (QED) is 0.917. The van der Waals surface area contributed by atoms with Gasteiger partial charge in [0.15, 0.2) is 0 Å². The fraction of sp³-hybridized carbons (Fsp3) is 0.571. The summed E-state index contributed by atoms with van der Waals surface area (Å²) < 4.78 is 37.2. The van der Waals surface area contributed by atoms with Crippen molar-refractivity contribution < 1.29 is 18.0 Å². The third-order valence-corrected chi connectivity index (χ3v) is 3.79. The van der Waals surface area contributed by atoms with Gasteiger partial charge in [0.25, 0.3) is 5.91 Å². The third-order valence-electron chi connectivity index (χ3n) is 3.79. The van der Waals surface area contributed by atoms with Crippen molar-refractivity contribution in [3.8, 4) is 0 Å². The van der Waals surface area contributed by atoms with Gasteiger partial charge in [-0.15, -0.1) is 0 Å². The van der Waals surface area contributed by atoms with E-state index in [1.807, 2.05) is 18.7 Å². The van der Waals surface area contributed by atoms with Crippen LogP contribution in [0, 0.1) is 13.8 Å². The summed E-state index contributed by atoms with van der Waals surface area (Å²) >= 11 is 0. The first kappa shape index (κ1) is 16.5. The second-order valence-electron chi connectivity index (χ2n) is 5.50. The van der Waals surface area contributed by atoms with Crippen LogP contribution in [-0.2, 0) is 0 Å². The molecule has 122 valence electrons. The van der Waals surface area contributed by atoms with Crippen molar-refractivity contribution in [3.63, 3.8) is 0 Å². The molecule has 0 bridgehead atoms. The maximum atomic E-state index is 12.4. The number of hydrogen-bond donors (Lipinski definition) is 1. The molecule has 1 amide bonds. The molecule has 0 saturated carbocycles. The number of rotatable bonds is 3. The third kappa shape index (κ3) is 3.88. The Kier molecular flexibility index (Phi) is 4.60. The highest BCUT2D eigenvalue weighted by atomic mass is 19.4. The van der Waals surface area contributed by atoms with Crippen molar-refractivity contribution in [1.82, 2.24) is 9.88 Å². The van der Waals surface area contributed by atoms with Crippen LogP contribution in [0.1, 0.15) is 21.6 Å². The smallest absolute Gasteiger partial charge is 0.365 e. The van der Waals surface area contributed by atoms with Crippen molar-refractivity contribution in [2.24, 2.45) is 5.73 Å². The molecule has 1 saturated heterocycles. The highest BCUT2D eigenvalue weighted by molar-refractivity contribution is 5.98. The summed E-state index contributed by atoms with van der Waals surface area (Å²) in [6, 6.07) is 1.68. The Morgan fingerprint density at radius 1 is 1.27 bits per heavy atom. The summed E-state index contributed by atoms with van der Waals surface area (Å²) in [5.41, 5.74) is 7.33. The number of alkyl halides is 3. The Bertz CT molecular complexity index is 566. The van der Waals surface area contributed by atoms with E-state index in [0.717, 1.165) is 11.3 Å². The van der Waals surface area contributed by atoms with E-state index in [0.29, 0.717) is 24.5 Å². The number of carbonyl (C=O) groups is 1. The molecule has 1 fully saturated rings. The molecule has 1 aromatic heterocycles. The molecule has 0 aromatic carbocycles. The molecule has 0 radical (unpaired) electrons. The second-order valence-corrected chi connectivity index (χ2v) is 5.50. The van der Waals surface area contributed by atoms with Gasteiger partial charge in [-0.3, -0.25) is 9.69 Å². The molecule has 2 N–H and O–H groups in total. The minimum atomic E-state index is -4.20. The second kappa shape index (κ2) is 6.12. The molecule has 2 heterocycles. The van der Waals surface area contributed by atoms with E-state index in [1.54, 1.807) is 6.07 Å². The lowest BCUT2D eigenvalue weighted by molar-refractivity contribution is -0.146. The average molecular weight is 316 g/mol. The standard InChI is InChI=1S/C14H19F3N4O/c1-9-7-11(12(18)22)13(19-10(9)2)21-5-3-20(4-6-21)8-14(15,16)17/h7H,3-6,8H2,1-2H3,(H2,18,22). The van der Waals surface area contributed by atoms with Crippen LogP contribution < -0.4 is 10.6 Å². The highest BCUT2D eigenvalue weighted by Crippen LogP contribution is 2.23. The zero-order valence-electron chi connectivity index (χ0n) is 12.6. The number of primary amides is 1. The number of carbonyl (C=O) groups excluding carboxylic acids is 1. The zero-order chi connectivity index (χ0) is 16.5. The van der Waals surface area contributed by atoms with E-state index in [2.05, 4.69) is 4.98 Å². The van der Waals surface area contributed by atoms with Gasteiger partial charge in [-0.1, -0.05) is 0 Å². The van der Waals surface area contributed by atoms with E-state index < -0.39 is 18.6 Å². The Morgan fingerprint density at radius 2 is 1.86 bits per heavy atom. The largest absolute Gasteiger partial charge is 0.401 e. The van der Waals surface area contributed by atoms with Gasteiger partial charge in [0.05, 0.1) is 12.1 Å². The van der Waals surface area contributed by atoms with Crippen molar-refractivity contribution in [3.05, 3.63) is 22.9 Å². The number of nitrogens with two attached hydrogens (primary N) is 1. The average Bonchev–Trinajstić information content (AvgIpc) is 2.40. The first-order valence-corrected chi connectivity index (χ1v) is 6.99. The number of aryl methyl sites for hydroxylation is 2. The molecule has 1 aliphatic heterocycles. The van der Waals surface area contributed by atoms with Gasteiger partial charge in [-0.05, 0) is 25.5 Å². The van der Waals surface area contributed by atoms with Crippen LogP contribution in [-0.4, -0.2) is 54.7 Å². The molecule has 0 spiro atoms. The topological polar surface area (TPSA) is 62.5 Å². The molecule has 0 unspecified atom stereocenters. The Morgan fingerprint density at radius 3 is 2.36 bits per heavy atom. The van der Waals surface area contributed by atoms with Gasteiger partial charge in [0.2, 0.25) is 0 Å². The number of nitrogens with zero attached hydrogens (tertiary/aromatic N) is 3. The van der Waals surface area contributed by atoms with Crippen molar-refractivity contribution in [2.75, 3.05) is 37.6 Å². The number of halogens is 3. The maximum Gasteiger partial charge on any atom is 0.401 e. The number of hydrogen-bond acceptors (Lipinski definition) is 4. The van der Waals surface area contributed by atoms with Crippen LogP contribution in [0.15, 0.2) is 6.07 Å². The van der Waals surface area contributed by atoms with Crippen LogP contribution in [0.25, 0.3) is 0 Å². The molecule has 5 nitrogen and oxygen atoms in total. The lowest BCUT2D eigenvalue weighted by atomic mass is 10.1. The molecule has 22 heavy (non-hydrogen) atoms. The molecular formula is C14H19F3N4O. The molecule has 0 atom stereocenters. The van der Waals surface area contributed by atoms with Gasteiger partial charge in [0, 0.05) is 31.9 Å². The lowest BCUT2D eigenvalue weighted by Gasteiger charge is -2.36. The summed E-state index contributed by atoms with van der Waals surface area (Å²) in [7, 11) is 0. The SMILES string of the molecule is Cc1cc(C(N)=O)c(N2CCN(CC(F)(F)F)CC2)nc1C. The minimum absolute atomic E-state index is 0.270. The number of piperazine rings is 1. The fourth-order valence-electron chi connectivity index (χ4n) is 2.49. The number of aromatic nitrogens is 1. The van der Waals surface area contributed by atoms with Crippen molar-refractivity contribution >= 4 is 11.7 Å². The van der Waals surface area contributed by atoms with Gasteiger partial charge in [-0.2, -0.15) is 13.2 Å². The van der Waals surface area contributed by atoms with E-state index >= 15 is 0 Å². The van der Waals surface area contributed by atoms with Gasteiger partial charge in [0.1, 0.15) is 5.82 Å². The lowest BCUT2D eigenvalue weighted by Crippen LogP contribution is -2.49. The summed E-state index contributed by atoms with van der Waals surface area (Å²) in [5, 5.41) is 0. The molecule has 1 aliphatic rings. The van der Waals surface area contributed by atoms with E-state index in [4.69, 9.17) is 5.73 Å². The van der Waals surface area contributed by atoms with Crippen LogP contribution >= 0.6 is 0 Å². The van der Waals surface area contributed by atoms with Crippen LogP contribution in [0.4, 0.5) is 19.0 Å². The summed E-state index contributed by atoms with van der Waals surface area (Å²) in [4.78, 5) is 19.1. The number of anilines is 1. The molecular weight excluding hydrogens is 297 g/mol. The Hall–Kier alpha value is -1.83. The summed E-state index contributed by atoms with van der Waals surface area (Å²) in [5.74, 6) is -0.120. The van der Waals surface area contributed by atoms with Gasteiger partial charge < -0.3 is 10.6 Å². The Balaban J connectivity index is 2.14. The first-order chi connectivity index (χ1) is 10.2. The number of pyridine rings is 1. The molecule has 2 rings (SSSR count). The van der Waals surface area contributed by atoms with E-state index in [-0.39, 0.29) is 13.1 Å². The van der Waals surface area contributed by atoms with Crippen LogP contribution in [0.3, 0.4) is 0 Å². The predicted molar refractivity (Wildman–Crippen MR) is 76.9 cm³/mol. The van der Waals surface area contributed by atoms with Crippen LogP contribution in [0.2, 0.25) is 0 Å². The first-order valence-electron chi connectivity index (χ1n) is 6.99. The van der Waals surface area contributed by atoms with Gasteiger partial charge in [-0.25, -0.2) is 4.98 Å². The van der Waals surface area contributed by atoms with Crippen molar-refractivity contribution in [2.45, 2.75) is 20.0 Å². The van der Waals surface area contributed by atoms with Crippen LogP contribution in [0.5, 0.6) is 0 Å². The van der Waals surface area contributed by atoms with E-state index in [9.17, 15) is 18.0 Å². The van der Waals surface area contributed by atoms with Gasteiger partial charge >= 0.3 is 6.18 Å². The normalized spacial score (nSPS) is 16.9. The highest BCUT2D eigenvalue weighted by Gasteiger charge is 2.32. The molecule has 0 aliphatic carbocycles. The number of amides is 1. The zero-order valence-corrected chi connectivity index (χ0v) is 12.6. The monoisotopic (exact) mass is 316 g/mol. The maximum absolute atomic E-state index is 12.4. The summed E-state index contributed by atoms with van der Waals surface area (Å²) in [6.07, 6.45) is -4.20. The predicted octanol–water partition coefficient (Wildman–Crippen LogP) is 1.48. The molecule has 1 aromatic rings. The van der Waals surface area contributed by atoms with E-state index in [1.165, 1.54) is 4.90 Å². The molecule has 8 heteroatoms. The van der Waals surface area contributed by atoms with Crippen molar-refractivity contribution in [1.29, 1.82) is 0 Å². The summed E-state index contributed by atoms with van der Waals surface area (Å²) in [6.45, 7) is 4.05. The fourth-order valence-corrected chi connectivity index (χ4v) is 2.49. The Labute approximate surface area is 126 Å². The minimum Gasteiger partial charge on any atom is -0.365 e.